The van der Waals surface area contributed by atoms with Gasteiger partial charge in [-0.25, -0.2) is 0 Å². The van der Waals surface area contributed by atoms with Gasteiger partial charge in [-0.05, 0) is 13.8 Å². The van der Waals surface area contributed by atoms with Gasteiger partial charge in [-0.1, -0.05) is 0 Å². The number of nitrogens with zero attached hydrogens (tertiary/aromatic N) is 7. The summed E-state index contributed by atoms with van der Waals surface area (Å²) in [5.74, 6) is -0.602. The summed E-state index contributed by atoms with van der Waals surface area (Å²) in [4.78, 5) is 22.9. The Morgan fingerprint density at radius 1 is 1.12 bits per heavy atom. The lowest BCUT2D eigenvalue weighted by Crippen LogP contribution is -2.18. The van der Waals surface area contributed by atoms with Crippen molar-refractivity contribution in [2.75, 3.05) is 5.32 Å². The molecule has 0 spiro atoms. The highest BCUT2D eigenvalue weighted by molar-refractivity contribution is 6.05. The molecule has 3 rings (SSSR count). The maximum absolute atomic E-state index is 12.5. The lowest BCUT2D eigenvalue weighted by molar-refractivity contribution is -0.385. The van der Waals surface area contributed by atoms with E-state index in [-0.39, 0.29) is 11.4 Å². The van der Waals surface area contributed by atoms with Gasteiger partial charge in [0.15, 0.2) is 0 Å². The fourth-order valence-corrected chi connectivity index (χ4v) is 2.54. The average molecular weight is 358 g/mol. The number of aromatic nitrogens is 6. The minimum absolute atomic E-state index is 0.0885. The molecule has 0 aliphatic carbocycles. The summed E-state index contributed by atoms with van der Waals surface area (Å²) in [7, 11) is 0. The van der Waals surface area contributed by atoms with Crippen molar-refractivity contribution in [1.29, 1.82) is 0 Å². The van der Waals surface area contributed by atoms with Crippen molar-refractivity contribution in [1.82, 2.24) is 29.3 Å². The molecule has 0 unspecified atom stereocenters. The van der Waals surface area contributed by atoms with Crippen LogP contribution in [0.15, 0.2) is 31.0 Å². The molecule has 0 aliphatic heterocycles. The molecular weight excluding hydrogens is 340 g/mol. The molecular formula is C15H18N8O3. The van der Waals surface area contributed by atoms with Gasteiger partial charge in [0.05, 0.1) is 29.5 Å². The fourth-order valence-electron chi connectivity index (χ4n) is 2.54. The van der Waals surface area contributed by atoms with Crippen LogP contribution in [0.5, 0.6) is 0 Å². The summed E-state index contributed by atoms with van der Waals surface area (Å²) in [6.07, 6.45) is 7.89. The molecule has 3 aromatic rings. The molecule has 0 saturated carbocycles. The molecule has 0 atom stereocenters. The van der Waals surface area contributed by atoms with E-state index in [2.05, 4.69) is 20.6 Å². The second kappa shape index (κ2) is 7.17. The molecule has 136 valence electrons. The van der Waals surface area contributed by atoms with Crippen LogP contribution < -0.4 is 5.32 Å². The highest BCUT2D eigenvalue weighted by Crippen LogP contribution is 2.19. The maximum atomic E-state index is 12.5. The van der Waals surface area contributed by atoms with Crippen molar-refractivity contribution in [3.63, 3.8) is 0 Å². The van der Waals surface area contributed by atoms with Crippen LogP contribution in [-0.2, 0) is 19.6 Å². The minimum Gasteiger partial charge on any atom is -0.318 e. The molecule has 0 fully saturated rings. The number of aryl methyl sites for hydroxylation is 2. The van der Waals surface area contributed by atoms with E-state index >= 15 is 0 Å². The van der Waals surface area contributed by atoms with Gasteiger partial charge in [0.1, 0.15) is 6.20 Å². The van der Waals surface area contributed by atoms with Crippen molar-refractivity contribution < 1.29 is 9.72 Å². The Morgan fingerprint density at radius 2 is 1.88 bits per heavy atom. The molecule has 11 nitrogen and oxygen atoms in total. The Labute approximate surface area is 148 Å². The van der Waals surface area contributed by atoms with Gasteiger partial charge < -0.3 is 5.32 Å². The van der Waals surface area contributed by atoms with Crippen LogP contribution in [0.1, 0.15) is 29.9 Å². The van der Waals surface area contributed by atoms with Crippen molar-refractivity contribution in [2.24, 2.45) is 0 Å². The zero-order chi connectivity index (χ0) is 18.7. The van der Waals surface area contributed by atoms with Gasteiger partial charge in [-0.3, -0.25) is 29.0 Å². The Balaban J connectivity index is 1.74. The standard InChI is InChI=1S/C15H18N8O3/c1-3-20-8-11(5-16-20)9-21-10-12(6-17-21)19-15(24)14-13(23(25)26)7-18-22(14)4-2/h5-8,10H,3-4,9H2,1-2H3,(H,19,24). The molecule has 3 aromatic heterocycles. The molecule has 26 heavy (non-hydrogen) atoms. The van der Waals surface area contributed by atoms with Crippen LogP contribution in [0.2, 0.25) is 0 Å². The Kier molecular flexibility index (Phi) is 4.78. The number of anilines is 1. The molecule has 1 amide bonds. The van der Waals surface area contributed by atoms with Crippen LogP contribution in [-0.4, -0.2) is 40.2 Å². The average Bonchev–Trinajstić information content (AvgIpc) is 3.34. The molecule has 1 N–H and O–H groups in total. The third-order valence-corrected chi connectivity index (χ3v) is 3.78. The topological polar surface area (TPSA) is 126 Å². The summed E-state index contributed by atoms with van der Waals surface area (Å²) in [5, 5.41) is 26.0. The second-order valence-corrected chi connectivity index (χ2v) is 5.54. The van der Waals surface area contributed by atoms with E-state index < -0.39 is 10.8 Å². The first-order valence-corrected chi connectivity index (χ1v) is 8.07. The second-order valence-electron chi connectivity index (χ2n) is 5.54. The minimum atomic E-state index is -0.622. The van der Waals surface area contributed by atoms with E-state index in [0.29, 0.717) is 18.8 Å². The lowest BCUT2D eigenvalue weighted by Gasteiger charge is -2.04. The van der Waals surface area contributed by atoms with Gasteiger partial charge in [-0.2, -0.15) is 15.3 Å². The van der Waals surface area contributed by atoms with Crippen LogP contribution in [0.4, 0.5) is 11.4 Å². The highest BCUT2D eigenvalue weighted by atomic mass is 16.6. The molecule has 0 aromatic carbocycles. The molecule has 0 aliphatic rings. The number of rotatable bonds is 7. The monoisotopic (exact) mass is 358 g/mol. The largest absolute Gasteiger partial charge is 0.320 e. The number of carbonyl (C=O) groups is 1. The van der Waals surface area contributed by atoms with E-state index in [1.54, 1.807) is 24.0 Å². The zero-order valence-corrected chi connectivity index (χ0v) is 14.4. The third kappa shape index (κ3) is 3.45. The SMILES string of the molecule is CCn1cc(Cn2cc(NC(=O)c3c([N+](=O)[O-])cnn3CC)cn2)cn1. The first-order chi connectivity index (χ1) is 12.5. The normalized spacial score (nSPS) is 10.8. The van der Waals surface area contributed by atoms with Crippen molar-refractivity contribution >= 4 is 17.3 Å². The predicted molar refractivity (Wildman–Crippen MR) is 91.7 cm³/mol. The van der Waals surface area contributed by atoms with Crippen molar-refractivity contribution in [2.45, 2.75) is 33.5 Å². The number of nitrogens with one attached hydrogen (secondary N) is 1. The Hall–Kier alpha value is -3.50. The van der Waals surface area contributed by atoms with E-state index in [0.717, 1.165) is 18.3 Å². The van der Waals surface area contributed by atoms with E-state index in [4.69, 9.17) is 0 Å². The fraction of sp³-hybridized carbons (Fsp3) is 0.333. The summed E-state index contributed by atoms with van der Waals surface area (Å²) in [6, 6.07) is 0. The van der Waals surface area contributed by atoms with Gasteiger partial charge in [0.2, 0.25) is 5.69 Å². The molecule has 0 bridgehead atoms. The number of carbonyl (C=O) groups excluding carboxylic acids is 1. The van der Waals surface area contributed by atoms with Crippen LogP contribution in [0.25, 0.3) is 0 Å². The van der Waals surface area contributed by atoms with E-state index in [1.807, 2.05) is 17.8 Å². The number of hydrogen-bond donors (Lipinski definition) is 1. The maximum Gasteiger partial charge on any atom is 0.320 e. The van der Waals surface area contributed by atoms with Gasteiger partial charge in [0.25, 0.3) is 5.91 Å². The third-order valence-electron chi connectivity index (χ3n) is 3.78. The van der Waals surface area contributed by atoms with Crippen LogP contribution >= 0.6 is 0 Å². The first kappa shape index (κ1) is 17.3. The van der Waals surface area contributed by atoms with Crippen LogP contribution in [0, 0.1) is 10.1 Å². The summed E-state index contributed by atoms with van der Waals surface area (Å²) < 4.78 is 4.75. The summed E-state index contributed by atoms with van der Waals surface area (Å²) >= 11 is 0. The van der Waals surface area contributed by atoms with Crippen molar-refractivity contribution in [3.05, 3.63) is 52.4 Å². The molecule has 0 radical (unpaired) electrons. The number of hydrogen-bond acceptors (Lipinski definition) is 6. The predicted octanol–water partition coefficient (Wildman–Crippen LogP) is 1.52. The van der Waals surface area contributed by atoms with E-state index in [9.17, 15) is 14.9 Å². The van der Waals surface area contributed by atoms with Crippen LogP contribution in [0.3, 0.4) is 0 Å². The Bertz CT molecular complexity index is 938. The number of amides is 1. The highest BCUT2D eigenvalue weighted by Gasteiger charge is 2.26. The zero-order valence-electron chi connectivity index (χ0n) is 14.4. The molecule has 3 heterocycles. The number of nitro groups is 1. The summed E-state index contributed by atoms with van der Waals surface area (Å²) in [6.45, 7) is 5.38. The Morgan fingerprint density at radius 3 is 2.54 bits per heavy atom. The lowest BCUT2D eigenvalue weighted by atomic mass is 10.3. The first-order valence-electron chi connectivity index (χ1n) is 8.07. The quantitative estimate of drug-likeness (QED) is 0.504. The van der Waals surface area contributed by atoms with Gasteiger partial charge in [-0.15, -0.1) is 0 Å². The van der Waals surface area contributed by atoms with Crippen molar-refractivity contribution in [3.8, 4) is 0 Å². The van der Waals surface area contributed by atoms with Gasteiger partial charge >= 0.3 is 5.69 Å². The smallest absolute Gasteiger partial charge is 0.318 e. The molecule has 11 heteroatoms. The molecule has 0 saturated heterocycles. The van der Waals surface area contributed by atoms with Gasteiger partial charge in [0, 0.05) is 31.0 Å². The summed E-state index contributed by atoms with van der Waals surface area (Å²) in [5.41, 5.74) is 1.00. The van der Waals surface area contributed by atoms with E-state index in [1.165, 1.54) is 10.9 Å².